The molecule has 2 aromatic carbocycles. The van der Waals surface area contributed by atoms with E-state index in [4.69, 9.17) is 16.3 Å². The predicted molar refractivity (Wildman–Crippen MR) is 134 cm³/mol. The highest BCUT2D eigenvalue weighted by Crippen LogP contribution is 2.30. The fourth-order valence-electron chi connectivity index (χ4n) is 4.44. The Kier molecular flexibility index (Phi) is 8.05. The van der Waals surface area contributed by atoms with Gasteiger partial charge in [-0.2, -0.15) is 0 Å². The second kappa shape index (κ2) is 11.4. The maximum Gasteiger partial charge on any atom is 0.338 e. The van der Waals surface area contributed by atoms with Gasteiger partial charge in [0.05, 0.1) is 18.2 Å². The number of nitrogens with one attached hydrogen (secondary N) is 3. The molecule has 0 saturated carbocycles. The summed E-state index contributed by atoms with van der Waals surface area (Å²) in [5.41, 5.74) is 2.41. The summed E-state index contributed by atoms with van der Waals surface area (Å²) >= 11 is 6.03. The van der Waals surface area contributed by atoms with Crippen LogP contribution >= 0.6 is 11.6 Å². The fourth-order valence-corrected chi connectivity index (χ4v) is 4.57. The Balaban J connectivity index is 1.48. The van der Waals surface area contributed by atoms with Gasteiger partial charge in [0.2, 0.25) is 5.91 Å². The summed E-state index contributed by atoms with van der Waals surface area (Å²) in [6.45, 7) is 3.68. The number of amides is 3. The summed E-state index contributed by atoms with van der Waals surface area (Å²) in [6.07, 6.45) is 1.38. The number of para-hydroxylation sites is 1. The van der Waals surface area contributed by atoms with Crippen molar-refractivity contribution in [3.05, 3.63) is 76.5 Å². The summed E-state index contributed by atoms with van der Waals surface area (Å²) in [5, 5.41) is 9.18. The molecule has 0 radical (unpaired) electrons. The van der Waals surface area contributed by atoms with Crippen molar-refractivity contribution in [3.63, 3.8) is 0 Å². The number of hydrogen-bond donors (Lipinski definition) is 3. The van der Waals surface area contributed by atoms with Crippen molar-refractivity contribution in [3.8, 4) is 0 Å². The highest BCUT2D eigenvalue weighted by molar-refractivity contribution is 6.30. The molecule has 2 aromatic rings. The molecule has 2 aliphatic rings. The van der Waals surface area contributed by atoms with Gasteiger partial charge < -0.3 is 20.7 Å². The molecule has 1 saturated heterocycles. The van der Waals surface area contributed by atoms with Crippen LogP contribution < -0.4 is 16.0 Å². The van der Waals surface area contributed by atoms with E-state index in [1.807, 2.05) is 30.3 Å². The third-order valence-corrected chi connectivity index (χ3v) is 6.49. The van der Waals surface area contributed by atoms with Crippen LogP contribution in [-0.2, 0) is 14.3 Å². The topological polar surface area (TPSA) is 99.8 Å². The lowest BCUT2D eigenvalue weighted by atomic mass is 9.93. The quantitative estimate of drug-likeness (QED) is 0.505. The zero-order valence-corrected chi connectivity index (χ0v) is 20.3. The van der Waals surface area contributed by atoms with Crippen molar-refractivity contribution in [1.29, 1.82) is 0 Å². The Morgan fingerprint density at radius 1 is 1.09 bits per heavy atom. The molecule has 9 heteroatoms. The zero-order valence-electron chi connectivity index (χ0n) is 19.6. The first-order valence-electron chi connectivity index (χ1n) is 11.8. The van der Waals surface area contributed by atoms with E-state index in [0.717, 1.165) is 11.3 Å². The van der Waals surface area contributed by atoms with Crippen LogP contribution in [0, 0.1) is 5.92 Å². The van der Waals surface area contributed by atoms with Crippen LogP contribution in [0.5, 0.6) is 0 Å². The zero-order chi connectivity index (χ0) is 24.8. The van der Waals surface area contributed by atoms with Crippen LogP contribution in [0.25, 0.3) is 0 Å². The van der Waals surface area contributed by atoms with E-state index >= 15 is 0 Å². The van der Waals surface area contributed by atoms with Gasteiger partial charge in [-0.15, -0.1) is 0 Å². The van der Waals surface area contributed by atoms with Gasteiger partial charge in [0.1, 0.15) is 0 Å². The Morgan fingerprint density at radius 2 is 1.77 bits per heavy atom. The minimum absolute atomic E-state index is 0.0141. The van der Waals surface area contributed by atoms with Gasteiger partial charge in [-0.05, 0) is 62.7 Å². The Labute approximate surface area is 209 Å². The van der Waals surface area contributed by atoms with Crippen LogP contribution in [0.15, 0.2) is 65.9 Å². The maximum absolute atomic E-state index is 13.0. The molecule has 0 spiro atoms. The number of esters is 1. The van der Waals surface area contributed by atoms with Crippen molar-refractivity contribution in [2.75, 3.05) is 31.6 Å². The van der Waals surface area contributed by atoms with Crippen molar-refractivity contribution in [2.24, 2.45) is 5.92 Å². The largest absolute Gasteiger partial charge is 0.463 e. The van der Waals surface area contributed by atoms with Crippen molar-refractivity contribution in [2.45, 2.75) is 25.8 Å². The molecule has 3 amide bonds. The molecular formula is C26H29ClN4O4. The minimum Gasteiger partial charge on any atom is -0.463 e. The second-order valence-electron chi connectivity index (χ2n) is 8.60. The Morgan fingerprint density at radius 3 is 2.43 bits per heavy atom. The number of carbonyl (C=O) groups is 3. The number of urea groups is 1. The number of halogens is 1. The van der Waals surface area contributed by atoms with Crippen LogP contribution in [0.1, 0.15) is 31.4 Å². The number of benzene rings is 2. The number of carbonyl (C=O) groups excluding carboxylic acids is 3. The number of anilines is 1. The summed E-state index contributed by atoms with van der Waals surface area (Å²) in [6, 6.07) is 15.4. The molecule has 184 valence electrons. The van der Waals surface area contributed by atoms with Gasteiger partial charge in [0, 0.05) is 28.9 Å². The summed E-state index contributed by atoms with van der Waals surface area (Å²) in [4.78, 5) is 40.3. The van der Waals surface area contributed by atoms with Crippen LogP contribution in [0.2, 0.25) is 5.02 Å². The molecular weight excluding hydrogens is 468 g/mol. The summed E-state index contributed by atoms with van der Waals surface area (Å²) in [5.74, 6) is -0.554. The van der Waals surface area contributed by atoms with Gasteiger partial charge in [-0.3, -0.25) is 9.69 Å². The maximum atomic E-state index is 13.0. The average molecular weight is 497 g/mol. The molecule has 1 fully saturated rings. The van der Waals surface area contributed by atoms with E-state index in [9.17, 15) is 14.4 Å². The average Bonchev–Trinajstić information content (AvgIpc) is 2.85. The molecule has 35 heavy (non-hydrogen) atoms. The fraction of sp³-hybridized carbons (Fsp3) is 0.346. The van der Waals surface area contributed by atoms with E-state index in [2.05, 4.69) is 20.9 Å². The van der Waals surface area contributed by atoms with E-state index < -0.39 is 12.0 Å². The molecule has 1 atom stereocenters. The van der Waals surface area contributed by atoms with E-state index in [0.29, 0.717) is 48.8 Å². The van der Waals surface area contributed by atoms with E-state index in [1.54, 1.807) is 31.2 Å². The molecule has 8 nitrogen and oxygen atoms in total. The molecule has 0 aliphatic carbocycles. The number of ether oxygens (including phenoxy) is 1. The van der Waals surface area contributed by atoms with Gasteiger partial charge in [0.15, 0.2) is 0 Å². The molecule has 2 heterocycles. The Bertz CT molecular complexity index is 1100. The van der Waals surface area contributed by atoms with Crippen LogP contribution in [0.3, 0.4) is 0 Å². The van der Waals surface area contributed by atoms with Gasteiger partial charge in [0.25, 0.3) is 0 Å². The summed E-state index contributed by atoms with van der Waals surface area (Å²) in [7, 11) is 0. The van der Waals surface area contributed by atoms with Crippen molar-refractivity contribution in [1.82, 2.24) is 15.5 Å². The first-order chi connectivity index (χ1) is 16.9. The number of nitrogens with zero attached hydrogens (tertiary/aromatic N) is 1. The highest BCUT2D eigenvalue weighted by Gasteiger charge is 2.35. The normalized spacial score (nSPS) is 19.0. The van der Waals surface area contributed by atoms with Gasteiger partial charge >= 0.3 is 12.0 Å². The third-order valence-electron chi connectivity index (χ3n) is 6.23. The smallest absolute Gasteiger partial charge is 0.338 e. The first-order valence-corrected chi connectivity index (χ1v) is 12.1. The number of piperidine rings is 1. The lowest BCUT2D eigenvalue weighted by Crippen LogP contribution is -2.49. The van der Waals surface area contributed by atoms with Gasteiger partial charge in [-0.1, -0.05) is 41.9 Å². The van der Waals surface area contributed by atoms with Crippen LogP contribution in [0.4, 0.5) is 10.5 Å². The molecule has 4 rings (SSSR count). The monoisotopic (exact) mass is 496 g/mol. The molecule has 0 aromatic heterocycles. The Hall–Kier alpha value is -3.36. The van der Waals surface area contributed by atoms with E-state index in [-0.39, 0.29) is 24.5 Å². The highest BCUT2D eigenvalue weighted by atomic mass is 35.5. The third kappa shape index (κ3) is 6.21. The summed E-state index contributed by atoms with van der Waals surface area (Å²) < 4.78 is 5.33. The molecule has 1 unspecified atom stereocenters. The lowest BCUT2D eigenvalue weighted by Gasteiger charge is -2.35. The standard InChI is InChI=1S/C26H29ClN4O4/c1-2-35-25(33)22-21(29-26(34)30-23(22)17-8-10-19(27)11-9-17)16-31-14-12-18(13-15-31)24(32)28-20-6-4-3-5-7-20/h3-11,18,23H,2,12-16H2,1H3,(H,28,32)(H2,29,30,34). The predicted octanol–water partition coefficient (Wildman–Crippen LogP) is 3.86. The number of rotatable bonds is 7. The van der Waals surface area contributed by atoms with Crippen molar-refractivity contribution >= 4 is 35.2 Å². The molecule has 0 bridgehead atoms. The lowest BCUT2D eigenvalue weighted by molar-refractivity contribution is -0.139. The van der Waals surface area contributed by atoms with Gasteiger partial charge in [-0.25, -0.2) is 9.59 Å². The van der Waals surface area contributed by atoms with Crippen molar-refractivity contribution < 1.29 is 19.1 Å². The minimum atomic E-state index is -0.649. The molecule has 2 aliphatic heterocycles. The number of likely N-dealkylation sites (tertiary alicyclic amines) is 1. The second-order valence-corrected chi connectivity index (χ2v) is 9.04. The first kappa shape index (κ1) is 24.8. The number of hydrogen-bond acceptors (Lipinski definition) is 5. The SMILES string of the molecule is CCOC(=O)C1=C(CN2CCC(C(=O)Nc3ccccc3)CC2)NC(=O)NC1c1ccc(Cl)cc1. The molecule has 3 N–H and O–H groups in total. The van der Waals surface area contributed by atoms with E-state index in [1.165, 1.54) is 0 Å². The van der Waals surface area contributed by atoms with Crippen LogP contribution in [-0.4, -0.2) is 49.0 Å².